The molecule has 0 aliphatic heterocycles. The SMILES string of the molecule is N[C@H]1CCCC[C@H]1Nc1ccnc(Cl)n1. The Morgan fingerprint density at radius 3 is 2.93 bits per heavy atom. The van der Waals surface area contributed by atoms with Crippen molar-refractivity contribution in [2.45, 2.75) is 37.8 Å². The van der Waals surface area contributed by atoms with E-state index in [1.165, 1.54) is 12.8 Å². The maximum atomic E-state index is 6.03. The minimum absolute atomic E-state index is 0.215. The molecule has 82 valence electrons. The van der Waals surface area contributed by atoms with Crippen LogP contribution in [0.2, 0.25) is 5.28 Å². The molecule has 1 aliphatic rings. The maximum absolute atomic E-state index is 6.03. The summed E-state index contributed by atoms with van der Waals surface area (Å²) in [5, 5.41) is 3.58. The summed E-state index contributed by atoms with van der Waals surface area (Å²) in [5.41, 5.74) is 6.03. The molecular formula is C10H15ClN4. The van der Waals surface area contributed by atoms with Crippen LogP contribution in [0.3, 0.4) is 0 Å². The van der Waals surface area contributed by atoms with E-state index in [0.29, 0.717) is 6.04 Å². The normalized spacial score (nSPS) is 26.3. The van der Waals surface area contributed by atoms with Crippen LogP contribution in [-0.4, -0.2) is 22.1 Å². The predicted molar refractivity (Wildman–Crippen MR) is 60.9 cm³/mol. The first-order chi connectivity index (χ1) is 7.25. The van der Waals surface area contributed by atoms with E-state index < -0.39 is 0 Å². The number of rotatable bonds is 2. The van der Waals surface area contributed by atoms with Gasteiger partial charge in [0.25, 0.3) is 0 Å². The van der Waals surface area contributed by atoms with Crippen LogP contribution in [0.1, 0.15) is 25.7 Å². The Morgan fingerprint density at radius 1 is 1.40 bits per heavy atom. The van der Waals surface area contributed by atoms with Crippen LogP contribution in [0.4, 0.5) is 5.82 Å². The lowest BCUT2D eigenvalue weighted by Gasteiger charge is -2.29. The van der Waals surface area contributed by atoms with Crippen molar-refractivity contribution in [3.63, 3.8) is 0 Å². The van der Waals surface area contributed by atoms with Gasteiger partial charge in [0.1, 0.15) is 5.82 Å². The Hall–Kier alpha value is -0.870. The first-order valence-corrected chi connectivity index (χ1v) is 5.64. The summed E-state index contributed by atoms with van der Waals surface area (Å²) < 4.78 is 0. The number of anilines is 1. The molecule has 2 rings (SSSR count). The number of nitrogens with zero attached hydrogens (tertiary/aromatic N) is 2. The average molecular weight is 227 g/mol. The summed E-state index contributed by atoms with van der Waals surface area (Å²) in [7, 11) is 0. The van der Waals surface area contributed by atoms with Crippen molar-refractivity contribution in [1.82, 2.24) is 9.97 Å². The summed E-state index contributed by atoms with van der Waals surface area (Å²) >= 11 is 5.71. The van der Waals surface area contributed by atoms with Gasteiger partial charge in [-0.2, -0.15) is 0 Å². The van der Waals surface area contributed by atoms with Gasteiger partial charge in [-0.1, -0.05) is 12.8 Å². The molecule has 15 heavy (non-hydrogen) atoms. The second-order valence-corrected chi connectivity index (χ2v) is 4.25. The predicted octanol–water partition coefficient (Wildman–Crippen LogP) is 1.81. The third-order valence-corrected chi connectivity index (χ3v) is 2.96. The molecule has 1 aromatic heterocycles. The minimum Gasteiger partial charge on any atom is -0.366 e. The van der Waals surface area contributed by atoms with E-state index in [2.05, 4.69) is 15.3 Å². The second kappa shape index (κ2) is 4.77. The van der Waals surface area contributed by atoms with Crippen molar-refractivity contribution in [2.75, 3.05) is 5.32 Å². The largest absolute Gasteiger partial charge is 0.366 e. The molecule has 4 nitrogen and oxygen atoms in total. The van der Waals surface area contributed by atoms with E-state index in [-0.39, 0.29) is 11.3 Å². The van der Waals surface area contributed by atoms with E-state index in [4.69, 9.17) is 17.3 Å². The highest BCUT2D eigenvalue weighted by molar-refractivity contribution is 6.28. The van der Waals surface area contributed by atoms with Gasteiger partial charge in [0.2, 0.25) is 5.28 Å². The summed E-state index contributed by atoms with van der Waals surface area (Å²) in [5.74, 6) is 0.761. The Balaban J connectivity index is 2.01. The van der Waals surface area contributed by atoms with Gasteiger partial charge in [0, 0.05) is 18.3 Å². The lowest BCUT2D eigenvalue weighted by molar-refractivity contribution is 0.403. The van der Waals surface area contributed by atoms with Gasteiger partial charge in [-0.25, -0.2) is 9.97 Å². The lowest BCUT2D eigenvalue weighted by Crippen LogP contribution is -2.42. The van der Waals surface area contributed by atoms with Crippen molar-refractivity contribution in [3.05, 3.63) is 17.5 Å². The Labute approximate surface area is 94.2 Å². The van der Waals surface area contributed by atoms with Gasteiger partial charge in [0.05, 0.1) is 0 Å². The van der Waals surface area contributed by atoms with Gasteiger partial charge in [-0.15, -0.1) is 0 Å². The zero-order valence-corrected chi connectivity index (χ0v) is 9.24. The van der Waals surface area contributed by atoms with Crippen molar-refractivity contribution in [3.8, 4) is 0 Å². The molecule has 3 N–H and O–H groups in total. The van der Waals surface area contributed by atoms with Crippen LogP contribution in [0.15, 0.2) is 12.3 Å². The molecule has 0 saturated heterocycles. The van der Waals surface area contributed by atoms with Gasteiger partial charge in [0.15, 0.2) is 0 Å². The standard InChI is InChI=1S/C10H15ClN4/c11-10-13-6-5-9(15-10)14-8-4-2-1-3-7(8)12/h5-8H,1-4,12H2,(H,13,14,15)/t7-,8+/m0/s1. The molecule has 5 heteroatoms. The summed E-state index contributed by atoms with van der Waals surface area (Å²) in [6.45, 7) is 0. The van der Waals surface area contributed by atoms with Crippen LogP contribution in [0.5, 0.6) is 0 Å². The van der Waals surface area contributed by atoms with E-state index in [0.717, 1.165) is 18.7 Å². The van der Waals surface area contributed by atoms with Crippen LogP contribution in [0, 0.1) is 0 Å². The van der Waals surface area contributed by atoms with Crippen molar-refractivity contribution < 1.29 is 0 Å². The van der Waals surface area contributed by atoms with Gasteiger partial charge < -0.3 is 11.1 Å². The van der Waals surface area contributed by atoms with Crippen LogP contribution < -0.4 is 11.1 Å². The first-order valence-electron chi connectivity index (χ1n) is 5.26. The lowest BCUT2D eigenvalue weighted by atomic mass is 9.91. The fraction of sp³-hybridized carbons (Fsp3) is 0.600. The second-order valence-electron chi connectivity index (χ2n) is 3.91. The average Bonchev–Trinajstić information content (AvgIpc) is 2.22. The first kappa shape index (κ1) is 10.6. The molecule has 1 aliphatic carbocycles. The van der Waals surface area contributed by atoms with Crippen LogP contribution in [0.25, 0.3) is 0 Å². The molecule has 1 fully saturated rings. The van der Waals surface area contributed by atoms with Crippen molar-refractivity contribution in [1.29, 1.82) is 0 Å². The highest BCUT2D eigenvalue weighted by Crippen LogP contribution is 2.20. The molecule has 0 amide bonds. The molecular weight excluding hydrogens is 212 g/mol. The van der Waals surface area contributed by atoms with Gasteiger partial charge in [-0.3, -0.25) is 0 Å². The topological polar surface area (TPSA) is 63.8 Å². The fourth-order valence-electron chi connectivity index (χ4n) is 1.94. The molecule has 1 aromatic rings. The monoisotopic (exact) mass is 226 g/mol. The van der Waals surface area contributed by atoms with Crippen molar-refractivity contribution in [2.24, 2.45) is 5.73 Å². The number of halogens is 1. The molecule has 0 spiro atoms. The zero-order valence-electron chi connectivity index (χ0n) is 8.49. The third-order valence-electron chi connectivity index (χ3n) is 2.78. The smallest absolute Gasteiger partial charge is 0.224 e. The third kappa shape index (κ3) is 2.79. The molecule has 2 atom stereocenters. The fourth-order valence-corrected chi connectivity index (χ4v) is 2.09. The highest BCUT2D eigenvalue weighted by atomic mass is 35.5. The zero-order chi connectivity index (χ0) is 10.7. The number of aromatic nitrogens is 2. The van der Waals surface area contributed by atoms with E-state index in [9.17, 15) is 0 Å². The Bertz CT molecular complexity index is 331. The van der Waals surface area contributed by atoms with E-state index >= 15 is 0 Å². The van der Waals surface area contributed by atoms with E-state index in [1.54, 1.807) is 6.20 Å². The van der Waals surface area contributed by atoms with Crippen molar-refractivity contribution >= 4 is 17.4 Å². The number of hydrogen-bond donors (Lipinski definition) is 2. The highest BCUT2D eigenvalue weighted by Gasteiger charge is 2.21. The number of nitrogens with one attached hydrogen (secondary N) is 1. The Kier molecular flexibility index (Phi) is 3.38. The van der Waals surface area contributed by atoms with Crippen LogP contribution in [-0.2, 0) is 0 Å². The summed E-state index contributed by atoms with van der Waals surface area (Å²) in [6.07, 6.45) is 6.28. The molecule has 0 bridgehead atoms. The Morgan fingerprint density at radius 2 is 2.20 bits per heavy atom. The molecule has 0 radical (unpaired) electrons. The molecule has 0 aromatic carbocycles. The maximum Gasteiger partial charge on any atom is 0.224 e. The molecule has 0 unspecified atom stereocenters. The summed E-state index contributed by atoms with van der Waals surface area (Å²) in [4.78, 5) is 7.92. The number of hydrogen-bond acceptors (Lipinski definition) is 4. The van der Waals surface area contributed by atoms with Gasteiger partial charge in [-0.05, 0) is 30.5 Å². The molecule has 1 heterocycles. The quantitative estimate of drug-likeness (QED) is 0.755. The minimum atomic E-state index is 0.215. The van der Waals surface area contributed by atoms with Crippen LogP contribution >= 0.6 is 11.6 Å². The molecule has 1 saturated carbocycles. The van der Waals surface area contributed by atoms with E-state index in [1.807, 2.05) is 6.07 Å². The van der Waals surface area contributed by atoms with Gasteiger partial charge >= 0.3 is 0 Å². The summed E-state index contributed by atoms with van der Waals surface area (Å²) in [6, 6.07) is 2.34. The number of nitrogens with two attached hydrogens (primary N) is 1.